The molecule has 0 bridgehead atoms. The highest BCUT2D eigenvalue weighted by atomic mass is 16.5. The first-order chi connectivity index (χ1) is 33.5. The highest BCUT2D eigenvalue weighted by Crippen LogP contribution is 2.17. The van der Waals surface area contributed by atoms with Gasteiger partial charge in [-0.2, -0.15) is 0 Å². The quantitative estimate of drug-likeness (QED) is 0.0321. The Kier molecular flexibility index (Phi) is 56.5. The highest BCUT2D eigenvalue weighted by molar-refractivity contribution is 5.76. The van der Waals surface area contributed by atoms with Crippen LogP contribution in [0.4, 0.5) is 0 Å². The minimum atomic E-state index is -0.675. The molecule has 0 radical (unpaired) electrons. The van der Waals surface area contributed by atoms with Crippen molar-refractivity contribution in [3.8, 4) is 0 Å². The van der Waals surface area contributed by atoms with Crippen LogP contribution in [-0.4, -0.2) is 47.4 Å². The molecule has 0 aromatic carbocycles. The van der Waals surface area contributed by atoms with E-state index in [1.165, 1.54) is 231 Å². The van der Waals surface area contributed by atoms with E-state index in [0.717, 1.165) is 70.6 Å². The minimum absolute atomic E-state index is 0.0123. The number of amides is 1. The summed E-state index contributed by atoms with van der Waals surface area (Å²) in [6.07, 6.45) is 70.3. The maximum Gasteiger partial charge on any atom is 0.305 e. The molecule has 0 saturated heterocycles. The Morgan fingerprint density at radius 2 is 0.691 bits per heavy atom. The molecule has 6 heteroatoms. The van der Waals surface area contributed by atoms with Crippen molar-refractivity contribution < 1.29 is 24.5 Å². The second-order valence-corrected chi connectivity index (χ2v) is 21.0. The zero-order valence-corrected chi connectivity index (χ0v) is 45.9. The molecule has 0 aliphatic carbocycles. The van der Waals surface area contributed by atoms with Crippen molar-refractivity contribution in [3.05, 3.63) is 24.3 Å². The van der Waals surface area contributed by atoms with Gasteiger partial charge in [-0.1, -0.05) is 269 Å². The molecule has 2 atom stereocenters. The SMILES string of the molecule is CCCCCCCCC/C=C\CCCCCCCCCC(=O)OCCCCCC/C=C\CCCCCCCCCC(=O)NC(CO)C(O)CCCCCCCCCCCCCCCCCCCC. The van der Waals surface area contributed by atoms with Crippen molar-refractivity contribution >= 4 is 11.9 Å². The average molecular weight is 959 g/mol. The van der Waals surface area contributed by atoms with E-state index in [4.69, 9.17) is 4.74 Å². The Morgan fingerprint density at radius 1 is 0.397 bits per heavy atom. The van der Waals surface area contributed by atoms with Gasteiger partial charge in [0.05, 0.1) is 25.4 Å². The zero-order valence-electron chi connectivity index (χ0n) is 45.9. The van der Waals surface area contributed by atoms with E-state index in [-0.39, 0.29) is 18.5 Å². The second-order valence-electron chi connectivity index (χ2n) is 21.0. The Balaban J connectivity index is 3.46. The number of aliphatic hydroxyl groups is 2. The fraction of sp³-hybridized carbons (Fsp3) is 0.903. The summed E-state index contributed by atoms with van der Waals surface area (Å²) in [4.78, 5) is 24.6. The molecule has 0 aliphatic heterocycles. The maximum atomic E-state index is 12.5. The van der Waals surface area contributed by atoms with Crippen LogP contribution in [0.3, 0.4) is 0 Å². The number of rotatable bonds is 57. The van der Waals surface area contributed by atoms with E-state index in [2.05, 4.69) is 43.5 Å². The van der Waals surface area contributed by atoms with Crippen LogP contribution < -0.4 is 5.32 Å². The Morgan fingerprint density at radius 3 is 1.04 bits per heavy atom. The molecule has 0 aliphatic rings. The molecule has 0 spiro atoms. The predicted molar refractivity (Wildman–Crippen MR) is 296 cm³/mol. The van der Waals surface area contributed by atoms with Gasteiger partial charge in [0.25, 0.3) is 0 Å². The number of allylic oxidation sites excluding steroid dienone is 4. The number of unbranched alkanes of at least 4 members (excludes halogenated alkanes) is 42. The van der Waals surface area contributed by atoms with Gasteiger partial charge in [-0.15, -0.1) is 0 Å². The Hall–Kier alpha value is -1.66. The van der Waals surface area contributed by atoms with Crippen molar-refractivity contribution in [1.29, 1.82) is 0 Å². The third-order valence-corrected chi connectivity index (χ3v) is 14.2. The van der Waals surface area contributed by atoms with Gasteiger partial charge in [-0.05, 0) is 77.0 Å². The number of carbonyl (C=O) groups is 2. The van der Waals surface area contributed by atoms with E-state index >= 15 is 0 Å². The second kappa shape index (κ2) is 57.9. The highest BCUT2D eigenvalue weighted by Gasteiger charge is 2.20. The first-order valence-corrected chi connectivity index (χ1v) is 30.6. The lowest BCUT2D eigenvalue weighted by atomic mass is 10.0. The molecule has 0 fully saturated rings. The first kappa shape index (κ1) is 66.3. The summed E-state index contributed by atoms with van der Waals surface area (Å²) in [5, 5.41) is 23.3. The number of hydrogen-bond donors (Lipinski definition) is 3. The summed E-state index contributed by atoms with van der Waals surface area (Å²) in [6.45, 7) is 4.94. The van der Waals surface area contributed by atoms with Gasteiger partial charge in [0, 0.05) is 12.8 Å². The summed E-state index contributed by atoms with van der Waals surface area (Å²) in [7, 11) is 0. The third-order valence-electron chi connectivity index (χ3n) is 14.2. The first-order valence-electron chi connectivity index (χ1n) is 30.6. The van der Waals surface area contributed by atoms with E-state index in [9.17, 15) is 19.8 Å². The average Bonchev–Trinajstić information content (AvgIpc) is 3.34. The zero-order chi connectivity index (χ0) is 49.3. The van der Waals surface area contributed by atoms with Crippen LogP contribution in [0.2, 0.25) is 0 Å². The maximum absolute atomic E-state index is 12.5. The lowest BCUT2D eigenvalue weighted by molar-refractivity contribution is -0.143. The van der Waals surface area contributed by atoms with Crippen molar-refractivity contribution in [2.24, 2.45) is 0 Å². The molecule has 402 valence electrons. The van der Waals surface area contributed by atoms with Crippen LogP contribution >= 0.6 is 0 Å². The lowest BCUT2D eigenvalue weighted by Crippen LogP contribution is -2.45. The number of esters is 1. The number of nitrogens with one attached hydrogen (secondary N) is 1. The smallest absolute Gasteiger partial charge is 0.305 e. The van der Waals surface area contributed by atoms with Crippen LogP contribution in [0.1, 0.15) is 335 Å². The monoisotopic (exact) mass is 958 g/mol. The Bertz CT molecular complexity index is 1060. The van der Waals surface area contributed by atoms with E-state index < -0.39 is 12.1 Å². The molecule has 6 nitrogen and oxygen atoms in total. The number of hydrogen-bond acceptors (Lipinski definition) is 5. The predicted octanol–water partition coefficient (Wildman–Crippen LogP) is 19.0. The molecule has 0 rings (SSSR count). The van der Waals surface area contributed by atoms with Gasteiger partial charge in [0.1, 0.15) is 0 Å². The van der Waals surface area contributed by atoms with Gasteiger partial charge in [0.2, 0.25) is 5.91 Å². The molecule has 0 aromatic heterocycles. The van der Waals surface area contributed by atoms with Crippen molar-refractivity contribution in [2.45, 2.75) is 347 Å². The van der Waals surface area contributed by atoms with Gasteiger partial charge >= 0.3 is 5.97 Å². The van der Waals surface area contributed by atoms with Crippen molar-refractivity contribution in [2.75, 3.05) is 13.2 Å². The third kappa shape index (κ3) is 53.7. The van der Waals surface area contributed by atoms with E-state index in [1.54, 1.807) is 0 Å². The lowest BCUT2D eigenvalue weighted by Gasteiger charge is -2.22. The standard InChI is InChI=1S/C62H119NO5/c1-3-5-7-9-11-13-15-17-19-21-23-26-30-34-38-42-46-50-54-60(65)59(58-64)63-61(66)55-51-47-43-39-35-31-27-25-29-33-37-41-45-49-53-57-68-62(67)56-52-48-44-40-36-32-28-24-22-20-18-16-14-12-10-8-6-4-2/h20,22,29,33,59-60,64-65H,3-19,21,23-28,30-32,34-58H2,1-2H3,(H,63,66)/b22-20-,33-29-. The molecular weight excluding hydrogens is 839 g/mol. The van der Waals surface area contributed by atoms with E-state index in [0.29, 0.717) is 25.9 Å². The summed E-state index contributed by atoms with van der Waals surface area (Å²) >= 11 is 0. The minimum Gasteiger partial charge on any atom is -0.466 e. The fourth-order valence-electron chi connectivity index (χ4n) is 9.51. The molecule has 0 heterocycles. The van der Waals surface area contributed by atoms with Crippen LogP contribution in [0, 0.1) is 0 Å². The largest absolute Gasteiger partial charge is 0.466 e. The molecule has 0 saturated carbocycles. The number of ether oxygens (including phenoxy) is 1. The summed E-state index contributed by atoms with van der Waals surface area (Å²) < 4.78 is 5.48. The van der Waals surface area contributed by atoms with Crippen LogP contribution in [0.5, 0.6) is 0 Å². The number of aliphatic hydroxyl groups excluding tert-OH is 2. The Labute approximate surface area is 424 Å². The molecule has 0 aromatic rings. The molecule has 1 amide bonds. The molecule has 68 heavy (non-hydrogen) atoms. The van der Waals surface area contributed by atoms with Crippen molar-refractivity contribution in [1.82, 2.24) is 5.32 Å². The normalized spacial score (nSPS) is 12.7. The fourth-order valence-corrected chi connectivity index (χ4v) is 9.51. The molecular formula is C62H119NO5. The van der Waals surface area contributed by atoms with Gasteiger partial charge < -0.3 is 20.3 Å². The van der Waals surface area contributed by atoms with Crippen LogP contribution in [0.25, 0.3) is 0 Å². The topological polar surface area (TPSA) is 95.9 Å². The summed E-state index contributed by atoms with van der Waals surface area (Å²) in [6, 6.07) is -0.553. The molecule has 2 unspecified atom stereocenters. The van der Waals surface area contributed by atoms with Crippen molar-refractivity contribution in [3.63, 3.8) is 0 Å². The summed E-state index contributed by atoms with van der Waals surface area (Å²) in [5.74, 6) is -0.0601. The van der Waals surface area contributed by atoms with Gasteiger partial charge in [-0.3, -0.25) is 9.59 Å². The van der Waals surface area contributed by atoms with Crippen LogP contribution in [0.15, 0.2) is 24.3 Å². The molecule has 3 N–H and O–H groups in total. The summed E-state index contributed by atoms with van der Waals surface area (Å²) in [5.41, 5.74) is 0. The van der Waals surface area contributed by atoms with Crippen LogP contribution in [-0.2, 0) is 14.3 Å². The number of carbonyl (C=O) groups excluding carboxylic acids is 2. The van der Waals surface area contributed by atoms with Gasteiger partial charge in [0.15, 0.2) is 0 Å². The van der Waals surface area contributed by atoms with Gasteiger partial charge in [-0.25, -0.2) is 0 Å². The van der Waals surface area contributed by atoms with E-state index in [1.807, 2.05) is 0 Å².